The highest BCUT2D eigenvalue weighted by Gasteiger charge is 2.09. The van der Waals surface area contributed by atoms with Crippen LogP contribution in [0.4, 0.5) is 0 Å². The van der Waals surface area contributed by atoms with Crippen LogP contribution in [0.2, 0.25) is 0 Å². The minimum Gasteiger partial charge on any atom is -0.359 e. The quantitative estimate of drug-likeness (QED) is 0.296. The highest BCUT2D eigenvalue weighted by Crippen LogP contribution is 2.40. The fourth-order valence-electron chi connectivity index (χ4n) is 2.18. The van der Waals surface area contributed by atoms with E-state index < -0.39 is 0 Å². The van der Waals surface area contributed by atoms with Gasteiger partial charge in [0.2, 0.25) is 0 Å². The van der Waals surface area contributed by atoms with Crippen molar-refractivity contribution in [2.75, 3.05) is 53.3 Å². The summed E-state index contributed by atoms with van der Waals surface area (Å²) >= 11 is 0. The second-order valence-electron chi connectivity index (χ2n) is 5.10. The molecule has 0 bridgehead atoms. The number of hydrogen-bond acceptors (Lipinski definition) is 4. The van der Waals surface area contributed by atoms with Gasteiger partial charge < -0.3 is 18.9 Å². The molecule has 0 atom stereocenters. The first-order chi connectivity index (χ1) is 10.9. The molecule has 22 heavy (non-hydrogen) atoms. The van der Waals surface area contributed by atoms with Crippen molar-refractivity contribution in [3.05, 3.63) is 35.9 Å². The zero-order valence-electron chi connectivity index (χ0n) is 13.8. The summed E-state index contributed by atoms with van der Waals surface area (Å²) in [6.45, 7) is 2.34. The van der Waals surface area contributed by atoms with Crippen LogP contribution in [0.3, 0.4) is 0 Å². The Morgan fingerprint density at radius 3 is 1.86 bits per heavy atom. The summed E-state index contributed by atoms with van der Waals surface area (Å²) < 4.78 is 20.6. The van der Waals surface area contributed by atoms with Crippen molar-refractivity contribution in [3.8, 4) is 0 Å². The molecule has 126 valence electrons. The molecule has 4 nitrogen and oxygen atoms in total. The summed E-state index contributed by atoms with van der Waals surface area (Å²) in [5.41, 5.74) is 1.43. The number of rotatable bonds is 14. The highest BCUT2D eigenvalue weighted by atomic mass is 31.1. The van der Waals surface area contributed by atoms with Crippen molar-refractivity contribution in [2.24, 2.45) is 0 Å². The van der Waals surface area contributed by atoms with E-state index in [2.05, 4.69) is 30.3 Å². The summed E-state index contributed by atoms with van der Waals surface area (Å²) in [5, 5.41) is 0. The SMILES string of the molecule is COCOCCCP(CCCOCOC)Cc1ccccc1. The van der Waals surface area contributed by atoms with Crippen LogP contribution in [-0.2, 0) is 25.1 Å². The minimum absolute atomic E-state index is 0.0203. The summed E-state index contributed by atoms with van der Waals surface area (Å²) in [5.74, 6) is 0. The maximum absolute atomic E-state index is 5.39. The fourth-order valence-corrected chi connectivity index (χ4v) is 4.60. The van der Waals surface area contributed by atoms with Crippen LogP contribution < -0.4 is 0 Å². The van der Waals surface area contributed by atoms with Crippen molar-refractivity contribution in [2.45, 2.75) is 19.0 Å². The third kappa shape index (κ3) is 10.3. The molecular formula is C17H29O4P. The molecule has 0 aromatic heterocycles. The van der Waals surface area contributed by atoms with E-state index in [9.17, 15) is 0 Å². The van der Waals surface area contributed by atoms with Crippen molar-refractivity contribution < 1.29 is 18.9 Å². The molecule has 0 aliphatic heterocycles. The average molecular weight is 328 g/mol. The Bertz CT molecular complexity index is 334. The zero-order valence-corrected chi connectivity index (χ0v) is 14.7. The van der Waals surface area contributed by atoms with Gasteiger partial charge in [-0.1, -0.05) is 30.3 Å². The van der Waals surface area contributed by atoms with Gasteiger partial charge in [-0.05, 0) is 36.9 Å². The lowest BCUT2D eigenvalue weighted by molar-refractivity contribution is -0.0300. The molecule has 1 aromatic rings. The van der Waals surface area contributed by atoms with Crippen LogP contribution in [0, 0.1) is 0 Å². The van der Waals surface area contributed by atoms with Crippen LogP contribution >= 0.6 is 7.92 Å². The third-order valence-electron chi connectivity index (χ3n) is 3.18. The predicted octanol–water partition coefficient (Wildman–Crippen LogP) is 3.69. The second-order valence-corrected chi connectivity index (χ2v) is 7.65. The Labute approximate surface area is 135 Å². The molecule has 0 fully saturated rings. The first kappa shape index (κ1) is 19.5. The average Bonchev–Trinajstić information content (AvgIpc) is 2.55. The smallest absolute Gasteiger partial charge is 0.146 e. The normalized spacial score (nSPS) is 11.2. The van der Waals surface area contributed by atoms with Crippen LogP contribution in [-0.4, -0.2) is 53.3 Å². The maximum atomic E-state index is 5.39. The van der Waals surface area contributed by atoms with Crippen molar-refractivity contribution in [1.29, 1.82) is 0 Å². The Morgan fingerprint density at radius 1 is 0.818 bits per heavy atom. The van der Waals surface area contributed by atoms with E-state index in [4.69, 9.17) is 18.9 Å². The molecule has 0 saturated carbocycles. The van der Waals surface area contributed by atoms with Crippen molar-refractivity contribution in [3.63, 3.8) is 0 Å². The Balaban J connectivity index is 2.29. The predicted molar refractivity (Wildman–Crippen MR) is 91.7 cm³/mol. The standard InChI is InChI=1S/C17H29O4P/c1-18-15-20-10-6-12-22(13-7-11-21-16-19-2)14-17-8-4-3-5-9-17/h3-5,8-9H,6-7,10-16H2,1-2H3. The lowest BCUT2D eigenvalue weighted by Crippen LogP contribution is -2.04. The molecule has 0 aliphatic rings. The largest absolute Gasteiger partial charge is 0.359 e. The molecule has 0 amide bonds. The van der Waals surface area contributed by atoms with Crippen LogP contribution in [0.25, 0.3) is 0 Å². The van der Waals surface area contributed by atoms with Gasteiger partial charge in [0.25, 0.3) is 0 Å². The molecule has 0 unspecified atom stereocenters. The number of hydrogen-bond donors (Lipinski definition) is 0. The third-order valence-corrected chi connectivity index (χ3v) is 5.89. The van der Waals surface area contributed by atoms with Gasteiger partial charge in [-0.15, -0.1) is 7.92 Å². The summed E-state index contributed by atoms with van der Waals surface area (Å²) in [7, 11) is 3.29. The van der Waals surface area contributed by atoms with E-state index in [0.29, 0.717) is 13.6 Å². The zero-order chi connectivity index (χ0) is 15.9. The molecule has 0 heterocycles. The van der Waals surface area contributed by atoms with E-state index in [1.807, 2.05) is 0 Å². The Hall–Kier alpha value is -0.510. The first-order valence-corrected chi connectivity index (χ1v) is 9.66. The molecule has 5 heteroatoms. The molecule has 0 spiro atoms. The van der Waals surface area contributed by atoms with Crippen molar-refractivity contribution in [1.82, 2.24) is 0 Å². The molecule has 1 rings (SSSR count). The number of benzene rings is 1. The Morgan fingerprint density at radius 2 is 1.36 bits per heavy atom. The maximum Gasteiger partial charge on any atom is 0.146 e. The van der Waals surface area contributed by atoms with Gasteiger partial charge in [0, 0.05) is 27.4 Å². The lowest BCUT2D eigenvalue weighted by atomic mass is 10.2. The Kier molecular flexibility index (Phi) is 12.5. The van der Waals surface area contributed by atoms with E-state index in [1.54, 1.807) is 14.2 Å². The van der Waals surface area contributed by atoms with Gasteiger partial charge in [0.05, 0.1) is 0 Å². The van der Waals surface area contributed by atoms with E-state index in [-0.39, 0.29) is 7.92 Å². The highest BCUT2D eigenvalue weighted by molar-refractivity contribution is 7.56. The first-order valence-electron chi connectivity index (χ1n) is 7.76. The van der Waals surface area contributed by atoms with E-state index >= 15 is 0 Å². The molecule has 0 aliphatic carbocycles. The van der Waals surface area contributed by atoms with Crippen LogP contribution in [0.1, 0.15) is 18.4 Å². The lowest BCUT2D eigenvalue weighted by Gasteiger charge is -2.18. The van der Waals surface area contributed by atoms with Crippen LogP contribution in [0.5, 0.6) is 0 Å². The van der Waals surface area contributed by atoms with E-state index in [1.165, 1.54) is 24.0 Å². The van der Waals surface area contributed by atoms with Crippen LogP contribution in [0.15, 0.2) is 30.3 Å². The fraction of sp³-hybridized carbons (Fsp3) is 0.647. The summed E-state index contributed by atoms with van der Waals surface area (Å²) in [6, 6.07) is 10.7. The molecule has 0 saturated heterocycles. The molecular weight excluding hydrogens is 299 g/mol. The molecule has 0 N–H and O–H groups in total. The van der Waals surface area contributed by atoms with Gasteiger partial charge in [0.15, 0.2) is 0 Å². The van der Waals surface area contributed by atoms with Gasteiger partial charge >= 0.3 is 0 Å². The van der Waals surface area contributed by atoms with Gasteiger partial charge in [-0.2, -0.15) is 0 Å². The monoisotopic (exact) mass is 328 g/mol. The van der Waals surface area contributed by atoms with E-state index in [0.717, 1.165) is 26.1 Å². The topological polar surface area (TPSA) is 36.9 Å². The summed E-state index contributed by atoms with van der Waals surface area (Å²) in [6.07, 6.45) is 5.85. The minimum atomic E-state index is -0.0203. The molecule has 1 aromatic carbocycles. The number of ether oxygens (including phenoxy) is 4. The second kappa shape index (κ2) is 14.1. The van der Waals surface area contributed by atoms with Gasteiger partial charge in [-0.3, -0.25) is 0 Å². The number of methoxy groups -OCH3 is 2. The van der Waals surface area contributed by atoms with Gasteiger partial charge in [0.1, 0.15) is 13.6 Å². The molecule has 0 radical (unpaired) electrons. The van der Waals surface area contributed by atoms with Crippen molar-refractivity contribution >= 4 is 7.92 Å². The summed E-state index contributed by atoms with van der Waals surface area (Å²) in [4.78, 5) is 0. The van der Waals surface area contributed by atoms with Gasteiger partial charge in [-0.25, -0.2) is 0 Å².